The molecule has 7 aromatic carbocycles. The highest BCUT2D eigenvalue weighted by atomic mass is 14.8. The molecule has 0 atom stereocenters. The molecule has 9 aromatic rings. The highest BCUT2D eigenvalue weighted by Gasteiger charge is 2.37. The first-order chi connectivity index (χ1) is 28.3. The fraction of sp³-hybridized carbons (Fsp3) is 0.109. The molecule has 11 rings (SSSR count). The van der Waals surface area contributed by atoms with Gasteiger partial charge in [0.05, 0.1) is 22.4 Å². The largest absolute Gasteiger partial charge is 0.265 e. The van der Waals surface area contributed by atoms with Gasteiger partial charge < -0.3 is 0 Å². The molecule has 2 aromatic heterocycles. The molecule has 0 aliphatic heterocycles. The van der Waals surface area contributed by atoms with Gasteiger partial charge in [-0.1, -0.05) is 167 Å². The zero-order valence-electron chi connectivity index (χ0n) is 33.1. The summed E-state index contributed by atoms with van der Waals surface area (Å²) < 4.78 is 0. The number of rotatable bonds is 5. The van der Waals surface area contributed by atoms with Crippen molar-refractivity contribution in [2.45, 2.75) is 38.5 Å². The van der Waals surface area contributed by atoms with Crippen molar-refractivity contribution < 1.29 is 0 Å². The van der Waals surface area contributed by atoms with Crippen molar-refractivity contribution in [2.24, 2.45) is 0 Å². The molecule has 0 fully saturated rings. The molecule has 0 unspecified atom stereocenters. The Morgan fingerprint density at radius 2 is 0.690 bits per heavy atom. The predicted octanol–water partition coefficient (Wildman–Crippen LogP) is 14.0. The van der Waals surface area contributed by atoms with E-state index in [0.717, 1.165) is 66.9 Å². The van der Waals surface area contributed by atoms with Gasteiger partial charge in [0.25, 0.3) is 0 Å². The van der Waals surface area contributed by atoms with Crippen molar-refractivity contribution in [3.63, 3.8) is 0 Å². The molecule has 3 heteroatoms. The van der Waals surface area contributed by atoms with Gasteiger partial charge >= 0.3 is 0 Å². The van der Waals surface area contributed by atoms with Gasteiger partial charge in [0, 0.05) is 45.5 Å². The van der Waals surface area contributed by atoms with Crippen molar-refractivity contribution in [3.05, 3.63) is 198 Å². The Morgan fingerprint density at radius 3 is 1.21 bits per heavy atom. The third-order valence-electron chi connectivity index (χ3n) is 12.8. The van der Waals surface area contributed by atoms with E-state index in [0.29, 0.717) is 0 Å². The zero-order valence-corrected chi connectivity index (χ0v) is 33.1. The van der Waals surface area contributed by atoms with E-state index in [1.165, 1.54) is 44.5 Å². The third kappa shape index (κ3) is 5.16. The third-order valence-corrected chi connectivity index (χ3v) is 12.8. The van der Waals surface area contributed by atoms with Crippen LogP contribution in [0.3, 0.4) is 0 Å². The summed E-state index contributed by atoms with van der Waals surface area (Å²) in [6, 6.07) is 59.5. The minimum atomic E-state index is -0.125. The number of hydrogen-bond acceptors (Lipinski definition) is 3. The monoisotopic (exact) mass is 743 g/mol. The topological polar surface area (TPSA) is 38.7 Å². The molecule has 2 aliphatic carbocycles. The van der Waals surface area contributed by atoms with Crippen LogP contribution in [0.15, 0.2) is 176 Å². The van der Waals surface area contributed by atoms with Crippen LogP contribution in [0.5, 0.6) is 0 Å². The first-order valence-electron chi connectivity index (χ1n) is 20.2. The quantitative estimate of drug-likeness (QED) is 0.176. The molecule has 0 amide bonds. The average molecular weight is 744 g/mol. The molecule has 2 aliphatic rings. The van der Waals surface area contributed by atoms with Gasteiger partial charge in [-0.2, -0.15) is 0 Å². The molecular formula is C55H41N3. The van der Waals surface area contributed by atoms with Gasteiger partial charge in [0.1, 0.15) is 0 Å². The number of benzene rings is 7. The number of pyridine rings is 1. The van der Waals surface area contributed by atoms with Gasteiger partial charge in [-0.3, -0.25) is 4.98 Å². The Kier molecular flexibility index (Phi) is 7.55. The number of hydrogen-bond donors (Lipinski definition) is 0. The number of fused-ring (bicyclic) bond motifs is 7. The van der Waals surface area contributed by atoms with E-state index in [1.807, 2.05) is 24.5 Å². The zero-order chi connectivity index (χ0) is 39.2. The fourth-order valence-corrected chi connectivity index (χ4v) is 9.71. The van der Waals surface area contributed by atoms with Crippen LogP contribution in [-0.4, -0.2) is 15.0 Å². The molecule has 3 nitrogen and oxygen atoms in total. The first kappa shape index (κ1) is 34.3. The molecule has 2 heterocycles. The lowest BCUT2D eigenvalue weighted by Gasteiger charge is -2.23. The van der Waals surface area contributed by atoms with Crippen molar-refractivity contribution in [1.29, 1.82) is 0 Å². The van der Waals surface area contributed by atoms with Crippen molar-refractivity contribution >= 4 is 11.0 Å². The van der Waals surface area contributed by atoms with Crippen LogP contribution in [0.2, 0.25) is 0 Å². The second-order valence-corrected chi connectivity index (χ2v) is 16.8. The van der Waals surface area contributed by atoms with E-state index < -0.39 is 0 Å². The van der Waals surface area contributed by atoms with Crippen LogP contribution < -0.4 is 0 Å². The van der Waals surface area contributed by atoms with Crippen molar-refractivity contribution in [3.8, 4) is 78.1 Å². The van der Waals surface area contributed by atoms with E-state index in [4.69, 9.17) is 9.97 Å². The van der Waals surface area contributed by atoms with Crippen LogP contribution in [0.4, 0.5) is 0 Å². The lowest BCUT2D eigenvalue weighted by Crippen LogP contribution is -2.15. The maximum atomic E-state index is 5.72. The summed E-state index contributed by atoms with van der Waals surface area (Å²) in [5, 5.41) is 0. The maximum absolute atomic E-state index is 5.72. The summed E-state index contributed by atoms with van der Waals surface area (Å²) in [5.41, 5.74) is 22.7. The van der Waals surface area contributed by atoms with Gasteiger partial charge in [-0.25, -0.2) is 9.97 Å². The van der Waals surface area contributed by atoms with Gasteiger partial charge in [0.15, 0.2) is 0 Å². The molecule has 0 spiro atoms. The molecule has 0 saturated carbocycles. The van der Waals surface area contributed by atoms with Crippen molar-refractivity contribution in [1.82, 2.24) is 15.0 Å². The molecule has 0 N–H and O–H groups in total. The predicted molar refractivity (Wildman–Crippen MR) is 240 cm³/mol. The molecule has 0 saturated heterocycles. The van der Waals surface area contributed by atoms with Crippen LogP contribution in [0.25, 0.3) is 89.2 Å². The van der Waals surface area contributed by atoms with Crippen LogP contribution in [0.1, 0.15) is 49.9 Å². The van der Waals surface area contributed by atoms with E-state index in [9.17, 15) is 0 Å². The van der Waals surface area contributed by atoms with Crippen LogP contribution in [0, 0.1) is 0 Å². The standard InChI is InChI=1S/C55H41N3/c1-54(2)46-16-10-8-14-42(46)44-24-22-38(32-48(44)54)40-26-27-41(39-23-25-45-43-15-9-11-17-47(43)55(3,4)49(45)33-39)53-52(40)57-50(36-12-6-5-7-13-36)51(58-53)37-20-18-34(19-21-37)35-28-30-56-31-29-35/h5-33H,1-4H3. The Labute approximate surface area is 339 Å². The number of nitrogens with zero attached hydrogens (tertiary/aromatic N) is 3. The minimum Gasteiger partial charge on any atom is -0.265 e. The average Bonchev–Trinajstić information content (AvgIpc) is 3.65. The highest BCUT2D eigenvalue weighted by molar-refractivity contribution is 6.04. The lowest BCUT2D eigenvalue weighted by atomic mass is 9.81. The summed E-state index contributed by atoms with van der Waals surface area (Å²) in [6.07, 6.45) is 3.68. The summed E-state index contributed by atoms with van der Waals surface area (Å²) in [7, 11) is 0. The second-order valence-electron chi connectivity index (χ2n) is 16.8. The minimum absolute atomic E-state index is 0.122. The summed E-state index contributed by atoms with van der Waals surface area (Å²) in [6.45, 7) is 9.37. The number of aromatic nitrogens is 3. The Morgan fingerprint density at radius 1 is 0.310 bits per heavy atom. The Balaban J connectivity index is 1.16. The SMILES string of the molecule is CC1(C)c2ccccc2-c2ccc(-c3ccc(-c4ccc5c(c4)C(C)(C)c4ccccc4-5)c4nc(-c5ccc(-c6ccncc6)cc5)c(-c5ccccc5)nc34)cc21. The smallest absolute Gasteiger partial charge is 0.0979 e. The molecule has 0 radical (unpaired) electrons. The maximum Gasteiger partial charge on any atom is 0.0979 e. The highest BCUT2D eigenvalue weighted by Crippen LogP contribution is 2.52. The Hall–Kier alpha value is -6.97. The lowest BCUT2D eigenvalue weighted by molar-refractivity contribution is 0.660. The molecule has 58 heavy (non-hydrogen) atoms. The van der Waals surface area contributed by atoms with Crippen LogP contribution >= 0.6 is 0 Å². The van der Waals surface area contributed by atoms with Gasteiger partial charge in [-0.15, -0.1) is 0 Å². The van der Waals surface area contributed by atoms with E-state index in [-0.39, 0.29) is 10.8 Å². The van der Waals surface area contributed by atoms with E-state index in [2.05, 4.69) is 184 Å². The van der Waals surface area contributed by atoms with E-state index >= 15 is 0 Å². The summed E-state index contributed by atoms with van der Waals surface area (Å²) in [4.78, 5) is 15.6. The molecule has 276 valence electrons. The van der Waals surface area contributed by atoms with Gasteiger partial charge in [0.2, 0.25) is 0 Å². The molecular weight excluding hydrogens is 703 g/mol. The summed E-state index contributed by atoms with van der Waals surface area (Å²) >= 11 is 0. The normalized spacial score (nSPS) is 14.1. The molecule has 0 bridgehead atoms. The van der Waals surface area contributed by atoms with Crippen molar-refractivity contribution in [2.75, 3.05) is 0 Å². The van der Waals surface area contributed by atoms with Crippen LogP contribution in [-0.2, 0) is 10.8 Å². The fourth-order valence-electron chi connectivity index (χ4n) is 9.71. The van der Waals surface area contributed by atoms with E-state index in [1.54, 1.807) is 0 Å². The summed E-state index contributed by atoms with van der Waals surface area (Å²) in [5.74, 6) is 0. The van der Waals surface area contributed by atoms with Gasteiger partial charge in [-0.05, 0) is 91.0 Å². The first-order valence-corrected chi connectivity index (χ1v) is 20.2. The second kappa shape index (κ2) is 12.8. The Bertz CT molecular complexity index is 3090.